The van der Waals surface area contributed by atoms with Gasteiger partial charge >= 0.3 is 0 Å². The molecule has 1 aliphatic heterocycles. The lowest BCUT2D eigenvalue weighted by molar-refractivity contribution is 0.228. The van der Waals surface area contributed by atoms with Crippen molar-refractivity contribution in [2.75, 3.05) is 18.8 Å². The third-order valence-corrected chi connectivity index (χ3v) is 6.17. The Hall–Kier alpha value is -3.92. The van der Waals surface area contributed by atoms with Crippen LogP contribution in [0.15, 0.2) is 72.5 Å². The first kappa shape index (κ1) is 21.9. The zero-order valence-electron chi connectivity index (χ0n) is 18.3. The summed E-state index contributed by atoms with van der Waals surface area (Å²) in [6, 6.07) is 17.3. The average Bonchev–Trinajstić information content (AvgIpc) is 3.25. The number of anilines is 1. The molecule has 2 aromatic carbocycles. The summed E-state index contributed by atoms with van der Waals surface area (Å²) in [7, 11) is -2.56. The second kappa shape index (κ2) is 9.52. The molecule has 0 bridgehead atoms. The molecule has 1 atom stereocenters. The third kappa shape index (κ3) is 4.58. The van der Waals surface area contributed by atoms with Crippen molar-refractivity contribution in [2.24, 2.45) is 0 Å². The number of likely N-dealkylation sites (tertiary alicyclic amines) is 1. The lowest BCUT2D eigenvalue weighted by Crippen LogP contribution is -2.33. The number of piperidine rings is 1. The lowest BCUT2D eigenvalue weighted by Gasteiger charge is -2.31. The summed E-state index contributed by atoms with van der Waals surface area (Å²) in [6.45, 7) is 1.42. The van der Waals surface area contributed by atoms with Crippen LogP contribution in [0, 0.1) is 0 Å². The molecule has 10 heteroatoms. The number of hydrogen-bond donors (Lipinski definition) is 2. The highest BCUT2D eigenvalue weighted by Gasteiger charge is 2.25. The van der Waals surface area contributed by atoms with E-state index in [0.717, 1.165) is 30.7 Å². The van der Waals surface area contributed by atoms with Crippen LogP contribution in [0.5, 0.6) is 11.5 Å². The molecule has 5 rings (SSSR count). The fourth-order valence-electron chi connectivity index (χ4n) is 4.22. The van der Waals surface area contributed by atoms with Gasteiger partial charge in [0, 0.05) is 30.3 Å². The summed E-state index contributed by atoms with van der Waals surface area (Å²) in [4.78, 5) is 10.7. The van der Waals surface area contributed by atoms with Gasteiger partial charge in [-0.3, -0.25) is 0 Å². The van der Waals surface area contributed by atoms with Crippen LogP contribution in [0.4, 0.5) is 5.82 Å². The van der Waals surface area contributed by atoms with Crippen molar-refractivity contribution in [3.63, 3.8) is 0 Å². The minimum atomic E-state index is -2.56. The van der Waals surface area contributed by atoms with Gasteiger partial charge in [-0.05, 0) is 49.2 Å². The average molecular weight is 477 g/mol. The molecule has 0 saturated carbocycles. The minimum Gasteiger partial charge on any atom is -0.457 e. The fourth-order valence-corrected chi connectivity index (χ4v) is 4.52. The van der Waals surface area contributed by atoms with Gasteiger partial charge in [0.25, 0.3) is 0 Å². The molecule has 34 heavy (non-hydrogen) atoms. The van der Waals surface area contributed by atoms with Crippen molar-refractivity contribution >= 4 is 27.6 Å². The van der Waals surface area contributed by atoms with Crippen LogP contribution in [0.2, 0.25) is 0 Å². The van der Waals surface area contributed by atoms with Gasteiger partial charge in [0.15, 0.2) is 16.4 Å². The molecular formula is C24H24N6O3S. The van der Waals surface area contributed by atoms with Crippen LogP contribution in [-0.2, 0) is 10.7 Å². The van der Waals surface area contributed by atoms with E-state index in [-0.39, 0.29) is 6.04 Å². The molecule has 2 N–H and O–H groups in total. The zero-order chi connectivity index (χ0) is 23.5. The quantitative estimate of drug-likeness (QED) is 0.406. The van der Waals surface area contributed by atoms with E-state index in [0.29, 0.717) is 34.8 Å². The van der Waals surface area contributed by atoms with E-state index in [2.05, 4.69) is 9.97 Å². The fraction of sp³-hybridized carbons (Fsp3) is 0.208. The third-order valence-electron chi connectivity index (χ3n) is 5.80. The summed E-state index contributed by atoms with van der Waals surface area (Å²) in [5.41, 5.74) is 8.50. The topological polar surface area (TPSA) is 116 Å². The van der Waals surface area contributed by atoms with Gasteiger partial charge in [0.05, 0.1) is 11.4 Å². The van der Waals surface area contributed by atoms with Gasteiger partial charge in [-0.2, -0.15) is 5.10 Å². The molecule has 2 aromatic heterocycles. The molecule has 1 fully saturated rings. The highest BCUT2D eigenvalue weighted by molar-refractivity contribution is 7.75. The number of para-hydroxylation sites is 1. The normalized spacial score (nSPS) is 16.5. The predicted molar refractivity (Wildman–Crippen MR) is 131 cm³/mol. The Morgan fingerprint density at radius 3 is 2.56 bits per heavy atom. The number of rotatable bonds is 6. The van der Waals surface area contributed by atoms with E-state index in [4.69, 9.17) is 15.6 Å². The number of benzene rings is 2. The first-order valence-electron chi connectivity index (χ1n) is 11.0. The standard InChI is InChI=1S/C24H24N6O3S/c25-23-21-22(17-8-10-20(11-9-17)33-19-6-2-1-3-7-19)28-30(24(21)27-16-26-23)18-5-4-12-29(15-18)13-14-34(31)32/h1-3,6-11,13-14,16,18,34H,4-5,12,15H2,(H2,25,26,27). The number of aromatic nitrogens is 4. The first-order valence-corrected chi connectivity index (χ1v) is 12.2. The maximum atomic E-state index is 11.0. The molecule has 1 unspecified atom stereocenters. The van der Waals surface area contributed by atoms with Crippen molar-refractivity contribution < 1.29 is 13.2 Å². The largest absolute Gasteiger partial charge is 0.457 e. The highest BCUT2D eigenvalue weighted by atomic mass is 32.2. The van der Waals surface area contributed by atoms with Crippen LogP contribution in [0.3, 0.4) is 0 Å². The molecule has 0 amide bonds. The van der Waals surface area contributed by atoms with Crippen LogP contribution >= 0.6 is 0 Å². The Bertz CT molecular complexity index is 1390. The van der Waals surface area contributed by atoms with Crippen LogP contribution in [0.25, 0.3) is 22.3 Å². The van der Waals surface area contributed by atoms with Crippen molar-refractivity contribution in [3.8, 4) is 22.8 Å². The van der Waals surface area contributed by atoms with E-state index in [9.17, 15) is 8.42 Å². The molecule has 0 radical (unpaired) electrons. The van der Waals surface area contributed by atoms with E-state index in [1.54, 1.807) is 6.20 Å². The molecule has 174 valence electrons. The number of hydrogen-bond acceptors (Lipinski definition) is 8. The Morgan fingerprint density at radius 1 is 1.03 bits per heavy atom. The summed E-state index contributed by atoms with van der Waals surface area (Å²) in [5.74, 6) is 1.85. The van der Waals surface area contributed by atoms with Crippen LogP contribution in [0.1, 0.15) is 18.9 Å². The summed E-state index contributed by atoms with van der Waals surface area (Å²) < 4.78 is 29.7. The summed E-state index contributed by atoms with van der Waals surface area (Å²) in [5, 5.41) is 6.81. The predicted octanol–water partition coefficient (Wildman–Crippen LogP) is 3.59. The molecule has 1 saturated heterocycles. The number of ether oxygens (including phenoxy) is 1. The van der Waals surface area contributed by atoms with Crippen molar-refractivity contribution in [1.29, 1.82) is 0 Å². The number of thiol groups is 1. The molecular weight excluding hydrogens is 452 g/mol. The van der Waals surface area contributed by atoms with E-state index in [1.165, 1.54) is 11.7 Å². The lowest BCUT2D eigenvalue weighted by atomic mass is 10.1. The second-order valence-corrected chi connectivity index (χ2v) is 8.93. The van der Waals surface area contributed by atoms with Gasteiger partial charge in [0.2, 0.25) is 0 Å². The van der Waals surface area contributed by atoms with Gasteiger partial charge < -0.3 is 15.4 Å². The van der Waals surface area contributed by atoms with Gasteiger partial charge in [-0.1, -0.05) is 18.2 Å². The number of fused-ring (bicyclic) bond motifs is 1. The zero-order valence-corrected chi connectivity index (χ0v) is 19.2. The van der Waals surface area contributed by atoms with Gasteiger partial charge in [-0.25, -0.2) is 23.1 Å². The Morgan fingerprint density at radius 2 is 1.79 bits per heavy atom. The van der Waals surface area contributed by atoms with Crippen LogP contribution in [-0.4, -0.2) is 46.2 Å². The monoisotopic (exact) mass is 476 g/mol. The highest BCUT2D eigenvalue weighted by Crippen LogP contribution is 2.34. The molecule has 3 heterocycles. The Balaban J connectivity index is 1.48. The van der Waals surface area contributed by atoms with Crippen molar-refractivity contribution in [2.45, 2.75) is 18.9 Å². The number of nitrogens with two attached hydrogens (primary N) is 1. The number of nitrogen functional groups attached to an aromatic ring is 1. The Labute approximate surface area is 198 Å². The maximum Gasteiger partial charge on any atom is 0.164 e. The second-order valence-electron chi connectivity index (χ2n) is 8.06. The van der Waals surface area contributed by atoms with Gasteiger partial charge in [0.1, 0.15) is 29.3 Å². The molecule has 0 aliphatic carbocycles. The summed E-state index contributed by atoms with van der Waals surface area (Å²) >= 11 is 0. The SMILES string of the molecule is Nc1ncnc2c1c(-c1ccc(Oc3ccccc3)cc1)nn2C1CCCN(C=C[SH](=O)=O)C1. The van der Waals surface area contributed by atoms with E-state index >= 15 is 0 Å². The maximum absolute atomic E-state index is 11.0. The van der Waals surface area contributed by atoms with Crippen molar-refractivity contribution in [3.05, 3.63) is 72.5 Å². The van der Waals surface area contributed by atoms with Gasteiger partial charge in [-0.15, -0.1) is 0 Å². The van der Waals surface area contributed by atoms with E-state index in [1.807, 2.05) is 64.2 Å². The first-order chi connectivity index (χ1) is 16.6. The molecule has 4 aromatic rings. The number of nitrogens with zero attached hydrogens (tertiary/aromatic N) is 5. The molecule has 1 aliphatic rings. The molecule has 0 spiro atoms. The van der Waals surface area contributed by atoms with Crippen molar-refractivity contribution in [1.82, 2.24) is 24.6 Å². The smallest absolute Gasteiger partial charge is 0.164 e. The van der Waals surface area contributed by atoms with E-state index < -0.39 is 10.7 Å². The Kier molecular flexibility index (Phi) is 6.13. The minimum absolute atomic E-state index is 0.0224. The van der Waals surface area contributed by atoms with Crippen LogP contribution < -0.4 is 10.5 Å². The molecule has 9 nitrogen and oxygen atoms in total. The summed E-state index contributed by atoms with van der Waals surface area (Å²) in [6.07, 6.45) is 4.88.